The molecule has 0 aliphatic heterocycles. The van der Waals surface area contributed by atoms with Gasteiger partial charge in [-0.1, -0.05) is 0 Å². The molecule has 1 nitrogen and oxygen atoms in total. The lowest BCUT2D eigenvalue weighted by Crippen LogP contribution is -1.67. The molecule has 0 fully saturated rings. The zero-order valence-electron chi connectivity index (χ0n) is 2.90. The highest BCUT2D eigenvalue weighted by molar-refractivity contribution is 7.98. The normalized spacial score (nSPS) is 8.40. The van der Waals surface area contributed by atoms with Crippen LogP contribution < -0.4 is 0 Å². The fourth-order valence-corrected chi connectivity index (χ4v) is 0.401. The Morgan fingerprint density at radius 3 is 2.60 bits per heavy atom. The molecule has 0 N–H and O–H groups in total. The molecule has 0 saturated carbocycles. The third-order valence-electron chi connectivity index (χ3n) is 0.162. The Kier molecular flexibility index (Phi) is 5.15. The van der Waals surface area contributed by atoms with Crippen LogP contribution in [0.25, 0.3) is 0 Å². The first-order chi connectivity index (χ1) is 2.41. The molecule has 0 heterocycles. The van der Waals surface area contributed by atoms with E-state index in [-0.39, 0.29) is 0 Å². The molecule has 3 heteroatoms. The zero-order valence-corrected chi connectivity index (χ0v) is 4.47. The van der Waals surface area contributed by atoms with E-state index in [0.717, 1.165) is 0 Å². The minimum absolute atomic E-state index is 0.571. The van der Waals surface area contributed by atoms with E-state index in [1.165, 1.54) is 0 Å². The SMILES string of the molecule is CSCOCl. The van der Waals surface area contributed by atoms with Crippen molar-refractivity contribution in [1.82, 2.24) is 0 Å². The maximum absolute atomic E-state index is 4.78. The third kappa shape index (κ3) is 4.60. The van der Waals surface area contributed by atoms with Gasteiger partial charge in [0.1, 0.15) is 5.94 Å². The fourth-order valence-electron chi connectivity index (χ4n) is 0.0445. The predicted octanol–water partition coefficient (Wildman–Crippen LogP) is 1.48. The van der Waals surface area contributed by atoms with Crippen molar-refractivity contribution in [2.24, 2.45) is 0 Å². The molecular weight excluding hydrogens is 108 g/mol. The van der Waals surface area contributed by atoms with Gasteiger partial charge >= 0.3 is 0 Å². The molecule has 0 aliphatic rings. The van der Waals surface area contributed by atoms with Crippen molar-refractivity contribution in [3.8, 4) is 0 Å². The Labute approximate surface area is 40.8 Å². The van der Waals surface area contributed by atoms with Crippen molar-refractivity contribution >= 4 is 23.6 Å². The summed E-state index contributed by atoms with van der Waals surface area (Å²) in [6, 6.07) is 0. The van der Waals surface area contributed by atoms with E-state index < -0.39 is 0 Å². The second-order valence-electron chi connectivity index (χ2n) is 0.516. The van der Waals surface area contributed by atoms with Gasteiger partial charge in [0.2, 0.25) is 0 Å². The van der Waals surface area contributed by atoms with Crippen LogP contribution in [0.1, 0.15) is 0 Å². The molecule has 0 rings (SSSR count). The van der Waals surface area contributed by atoms with E-state index >= 15 is 0 Å². The number of thioether (sulfide) groups is 1. The number of rotatable bonds is 2. The Morgan fingerprint density at radius 2 is 2.60 bits per heavy atom. The Hall–Kier alpha value is 0.600. The van der Waals surface area contributed by atoms with Crippen LogP contribution in [-0.4, -0.2) is 12.2 Å². The van der Waals surface area contributed by atoms with Crippen LogP contribution in [-0.2, 0) is 4.29 Å². The molecular formula is C2H5ClOS. The lowest BCUT2D eigenvalue weighted by molar-refractivity contribution is 0.439. The topological polar surface area (TPSA) is 9.23 Å². The monoisotopic (exact) mass is 112 g/mol. The Balaban J connectivity index is 2.19. The summed E-state index contributed by atoms with van der Waals surface area (Å²) in [6.45, 7) is 0. The van der Waals surface area contributed by atoms with Gasteiger partial charge in [0, 0.05) is 0 Å². The second kappa shape index (κ2) is 4.60. The first-order valence-corrected chi connectivity index (χ1v) is 2.84. The van der Waals surface area contributed by atoms with Crippen molar-refractivity contribution in [1.29, 1.82) is 0 Å². The van der Waals surface area contributed by atoms with Gasteiger partial charge < -0.3 is 0 Å². The van der Waals surface area contributed by atoms with Crippen LogP contribution in [0, 0.1) is 0 Å². The highest BCUT2D eigenvalue weighted by atomic mass is 35.5. The van der Waals surface area contributed by atoms with Gasteiger partial charge in [-0.3, -0.25) is 4.29 Å². The minimum Gasteiger partial charge on any atom is -0.268 e. The quantitative estimate of drug-likeness (QED) is 0.501. The number of hydrogen-bond acceptors (Lipinski definition) is 2. The second-order valence-corrected chi connectivity index (χ2v) is 1.55. The smallest absolute Gasteiger partial charge is 0.113 e. The molecule has 0 spiro atoms. The molecule has 0 saturated heterocycles. The average molecular weight is 113 g/mol. The van der Waals surface area contributed by atoms with Crippen molar-refractivity contribution in [2.45, 2.75) is 0 Å². The zero-order chi connectivity index (χ0) is 4.12. The molecule has 0 radical (unpaired) electrons. The van der Waals surface area contributed by atoms with Crippen LogP contribution in [0.4, 0.5) is 0 Å². The maximum atomic E-state index is 4.78. The van der Waals surface area contributed by atoms with Gasteiger partial charge in [-0.25, -0.2) is 0 Å². The maximum Gasteiger partial charge on any atom is 0.113 e. The van der Waals surface area contributed by atoms with Gasteiger partial charge in [0.05, 0.1) is 11.9 Å². The molecule has 0 aromatic rings. The average Bonchev–Trinajstić information content (AvgIpc) is 1.41. The van der Waals surface area contributed by atoms with Crippen molar-refractivity contribution in [2.75, 3.05) is 12.2 Å². The molecule has 0 aromatic carbocycles. The van der Waals surface area contributed by atoms with E-state index in [1.807, 2.05) is 6.26 Å². The van der Waals surface area contributed by atoms with Gasteiger partial charge in [-0.05, 0) is 6.26 Å². The van der Waals surface area contributed by atoms with Gasteiger partial charge in [-0.2, -0.15) is 0 Å². The summed E-state index contributed by atoms with van der Waals surface area (Å²) in [5.41, 5.74) is 0. The standard InChI is InChI=1S/C2H5ClOS/c1-5-2-4-3/h2H2,1H3. The lowest BCUT2D eigenvalue weighted by atomic mass is 11.7. The van der Waals surface area contributed by atoms with E-state index in [4.69, 9.17) is 11.9 Å². The van der Waals surface area contributed by atoms with E-state index in [9.17, 15) is 0 Å². The van der Waals surface area contributed by atoms with Crippen molar-refractivity contribution in [3.05, 3.63) is 0 Å². The summed E-state index contributed by atoms with van der Waals surface area (Å²) in [5.74, 6) is 0.571. The van der Waals surface area contributed by atoms with Gasteiger partial charge in [0.25, 0.3) is 0 Å². The first kappa shape index (κ1) is 5.60. The van der Waals surface area contributed by atoms with Crippen molar-refractivity contribution < 1.29 is 4.29 Å². The Morgan fingerprint density at radius 1 is 2.00 bits per heavy atom. The summed E-state index contributed by atoms with van der Waals surface area (Å²) in [4.78, 5) is 0. The van der Waals surface area contributed by atoms with Crippen molar-refractivity contribution in [3.63, 3.8) is 0 Å². The fraction of sp³-hybridized carbons (Fsp3) is 1.00. The molecule has 0 aliphatic carbocycles. The predicted molar refractivity (Wildman–Crippen MR) is 25.3 cm³/mol. The van der Waals surface area contributed by atoms with Crippen LogP contribution in [0.3, 0.4) is 0 Å². The highest BCUT2D eigenvalue weighted by Gasteiger charge is 1.68. The molecule has 0 atom stereocenters. The summed E-state index contributed by atoms with van der Waals surface area (Å²) < 4.78 is 4.13. The molecule has 0 unspecified atom stereocenters. The summed E-state index contributed by atoms with van der Waals surface area (Å²) in [7, 11) is 0. The summed E-state index contributed by atoms with van der Waals surface area (Å²) in [5, 5.41) is 0. The highest BCUT2D eigenvalue weighted by Crippen LogP contribution is 1.92. The van der Waals surface area contributed by atoms with Crippen LogP contribution in [0.5, 0.6) is 0 Å². The van der Waals surface area contributed by atoms with Crippen LogP contribution in [0.2, 0.25) is 0 Å². The first-order valence-electron chi connectivity index (χ1n) is 1.14. The van der Waals surface area contributed by atoms with Crippen LogP contribution in [0.15, 0.2) is 0 Å². The summed E-state index contributed by atoms with van der Waals surface area (Å²) >= 11 is 6.33. The molecule has 0 bridgehead atoms. The number of hydrogen-bond donors (Lipinski definition) is 0. The summed E-state index contributed by atoms with van der Waals surface area (Å²) in [6.07, 6.45) is 1.92. The molecule has 5 heavy (non-hydrogen) atoms. The number of halogens is 1. The molecule has 0 amide bonds. The van der Waals surface area contributed by atoms with E-state index in [2.05, 4.69) is 4.29 Å². The molecule has 32 valence electrons. The van der Waals surface area contributed by atoms with Gasteiger partial charge in [-0.15, -0.1) is 11.8 Å². The van der Waals surface area contributed by atoms with Crippen LogP contribution >= 0.6 is 23.6 Å². The third-order valence-corrected chi connectivity index (χ3v) is 0.754. The minimum atomic E-state index is 0.571. The Bertz CT molecular complexity index is 17.1. The van der Waals surface area contributed by atoms with E-state index in [0.29, 0.717) is 5.94 Å². The largest absolute Gasteiger partial charge is 0.268 e. The van der Waals surface area contributed by atoms with E-state index in [1.54, 1.807) is 11.8 Å². The lowest BCUT2D eigenvalue weighted by Gasteiger charge is -1.80. The molecule has 0 aromatic heterocycles. The van der Waals surface area contributed by atoms with Gasteiger partial charge in [0.15, 0.2) is 0 Å².